The fourth-order valence-corrected chi connectivity index (χ4v) is 8.31. The number of aromatic nitrogens is 4. The molecule has 0 aliphatic heterocycles. The minimum atomic E-state index is -0.711. The highest BCUT2D eigenvalue weighted by Gasteiger charge is 2.47. The van der Waals surface area contributed by atoms with Gasteiger partial charge in [0.1, 0.15) is 17.9 Å². The first-order valence-corrected chi connectivity index (χ1v) is 16.4. The van der Waals surface area contributed by atoms with Gasteiger partial charge in [0.15, 0.2) is 0 Å². The van der Waals surface area contributed by atoms with E-state index in [9.17, 15) is 23.5 Å². The molecule has 253 valence electrons. The van der Waals surface area contributed by atoms with Crippen LogP contribution < -0.4 is 0 Å². The van der Waals surface area contributed by atoms with Crippen molar-refractivity contribution >= 4 is 32.8 Å². The van der Waals surface area contributed by atoms with E-state index in [2.05, 4.69) is 36.2 Å². The molecule has 3 radical (unpaired) electrons. The van der Waals surface area contributed by atoms with Crippen LogP contribution in [0.3, 0.4) is 0 Å². The molecule has 4 aromatic rings. The van der Waals surface area contributed by atoms with Gasteiger partial charge in [0.05, 0.1) is 41.1 Å². The van der Waals surface area contributed by atoms with E-state index >= 15 is 0 Å². The summed E-state index contributed by atoms with van der Waals surface area (Å²) in [5, 5.41) is 18.6. The number of fused-ring (bicyclic) bond motifs is 4. The Labute approximate surface area is 288 Å². The van der Waals surface area contributed by atoms with Crippen molar-refractivity contribution in [2.24, 2.45) is 22.7 Å². The molecular weight excluding hydrogens is 621 g/mol. The van der Waals surface area contributed by atoms with Gasteiger partial charge in [0.25, 0.3) is 0 Å². The molecule has 10 heteroatoms. The number of aliphatic carboxylic acids is 1. The molecule has 1 N–H and O–H groups in total. The smallest absolute Gasteiger partial charge is 0.307 e. The van der Waals surface area contributed by atoms with E-state index in [0.29, 0.717) is 6.42 Å². The molecule has 0 bridgehead atoms. The van der Waals surface area contributed by atoms with E-state index < -0.39 is 5.97 Å². The van der Waals surface area contributed by atoms with Crippen LogP contribution in [0.4, 0.5) is 8.78 Å². The second kappa shape index (κ2) is 13.7. The average molecular weight is 664 g/mol. The zero-order valence-electron chi connectivity index (χ0n) is 27.2. The van der Waals surface area contributed by atoms with Crippen LogP contribution in [-0.2, 0) is 22.4 Å². The van der Waals surface area contributed by atoms with Gasteiger partial charge < -0.3 is 9.90 Å². The average Bonchev–Trinajstić information content (AvgIpc) is 3.65. The fraction of sp³-hybridized carbons (Fsp3) is 0.385. The summed E-state index contributed by atoms with van der Waals surface area (Å²) in [6, 6.07) is 12.6. The van der Waals surface area contributed by atoms with Crippen molar-refractivity contribution in [2.75, 3.05) is 0 Å². The van der Waals surface area contributed by atoms with E-state index in [1.807, 2.05) is 21.8 Å². The summed E-state index contributed by atoms with van der Waals surface area (Å²) in [6.45, 7) is 4.27. The van der Waals surface area contributed by atoms with Crippen LogP contribution in [0.5, 0.6) is 0 Å². The van der Waals surface area contributed by atoms with Crippen molar-refractivity contribution < 1.29 is 23.5 Å². The molecule has 4 aliphatic rings. The number of allylic oxidation sites excluding steroid dienone is 2. The number of hydrogen-bond acceptors (Lipinski definition) is 4. The van der Waals surface area contributed by atoms with Crippen molar-refractivity contribution in [3.05, 3.63) is 106 Å². The molecular formula is C39H42BF2N4O3. The van der Waals surface area contributed by atoms with Gasteiger partial charge in [-0.1, -0.05) is 32.4 Å². The third-order valence-corrected chi connectivity index (χ3v) is 11.1. The van der Waals surface area contributed by atoms with Crippen LogP contribution in [0.25, 0.3) is 23.5 Å². The number of carboxylic acids is 1. The van der Waals surface area contributed by atoms with Crippen LogP contribution in [0.15, 0.2) is 72.1 Å². The minimum absolute atomic E-state index is 0. The number of carbonyl (C=O) groups is 2. The van der Waals surface area contributed by atoms with Crippen molar-refractivity contribution in [1.82, 2.24) is 19.6 Å². The van der Waals surface area contributed by atoms with Gasteiger partial charge in [-0.15, -0.1) is 0 Å². The lowest BCUT2D eigenvalue weighted by atomic mass is 9.60. The quantitative estimate of drug-likeness (QED) is 0.176. The van der Waals surface area contributed by atoms with E-state index in [1.165, 1.54) is 35.4 Å². The summed E-state index contributed by atoms with van der Waals surface area (Å²) in [4.78, 5) is 23.2. The molecule has 0 unspecified atom stereocenters. The fourth-order valence-electron chi connectivity index (χ4n) is 8.31. The first-order chi connectivity index (χ1) is 22.6. The van der Waals surface area contributed by atoms with Crippen molar-refractivity contribution in [1.29, 1.82) is 0 Å². The lowest BCUT2D eigenvalue weighted by Gasteiger charge is -2.43. The molecule has 2 fully saturated rings. The Hall–Kier alpha value is -4.60. The van der Waals surface area contributed by atoms with Gasteiger partial charge in [-0.2, -0.15) is 10.2 Å². The second-order valence-corrected chi connectivity index (χ2v) is 13.8. The van der Waals surface area contributed by atoms with Crippen molar-refractivity contribution in [2.45, 2.75) is 72.6 Å². The van der Waals surface area contributed by atoms with Crippen LogP contribution in [0.2, 0.25) is 0 Å². The largest absolute Gasteiger partial charge is 0.481 e. The maximum absolute atomic E-state index is 13.2. The highest BCUT2D eigenvalue weighted by atomic mass is 19.1. The van der Waals surface area contributed by atoms with Crippen molar-refractivity contribution in [3.8, 4) is 11.4 Å². The number of benzene rings is 2. The molecule has 2 aromatic carbocycles. The Bertz CT molecular complexity index is 1910. The van der Waals surface area contributed by atoms with Crippen LogP contribution >= 0.6 is 0 Å². The molecule has 2 heterocycles. The predicted octanol–water partition coefficient (Wildman–Crippen LogP) is 8.05. The second-order valence-electron chi connectivity index (χ2n) is 13.8. The van der Waals surface area contributed by atoms with Gasteiger partial charge >= 0.3 is 5.97 Å². The number of carbonyl (C=O) groups excluding carboxylic acids is 1. The molecule has 0 amide bonds. The van der Waals surface area contributed by atoms with Crippen LogP contribution in [-0.4, -0.2) is 45.3 Å². The van der Waals surface area contributed by atoms with E-state index in [0.717, 1.165) is 85.1 Å². The number of halogens is 2. The number of aldehydes is 1. The van der Waals surface area contributed by atoms with Crippen LogP contribution in [0, 0.1) is 34.3 Å². The molecule has 0 saturated heterocycles. The lowest BCUT2D eigenvalue weighted by molar-refractivity contribution is -0.146. The maximum Gasteiger partial charge on any atom is 0.307 e. The molecule has 2 saturated carbocycles. The number of carboxylic acid groups (broad SMARTS) is 1. The Morgan fingerprint density at radius 1 is 0.796 bits per heavy atom. The van der Waals surface area contributed by atoms with E-state index in [1.54, 1.807) is 24.3 Å². The number of nitrogens with zero attached hydrogens (tertiary/aromatic N) is 4. The minimum Gasteiger partial charge on any atom is -0.481 e. The summed E-state index contributed by atoms with van der Waals surface area (Å²) in [6.07, 6.45) is 16.3. The Morgan fingerprint density at radius 3 is 1.71 bits per heavy atom. The van der Waals surface area contributed by atoms with Gasteiger partial charge in [-0.3, -0.25) is 4.79 Å². The van der Waals surface area contributed by atoms with Gasteiger partial charge in [0, 0.05) is 25.2 Å². The van der Waals surface area contributed by atoms with E-state index in [4.69, 9.17) is 0 Å². The van der Waals surface area contributed by atoms with Crippen LogP contribution in [0.1, 0.15) is 82.3 Å². The third kappa shape index (κ3) is 6.22. The first-order valence-electron chi connectivity index (χ1n) is 16.4. The number of rotatable bonds is 4. The Balaban J connectivity index is 0.000000184. The molecule has 2 aromatic heterocycles. The van der Waals surface area contributed by atoms with Gasteiger partial charge in [-0.25, -0.2) is 18.1 Å². The Kier molecular flexibility index (Phi) is 10.0. The Morgan fingerprint density at radius 2 is 1.24 bits per heavy atom. The summed E-state index contributed by atoms with van der Waals surface area (Å²) in [7, 11) is 0. The summed E-state index contributed by atoms with van der Waals surface area (Å²) < 4.78 is 30.0. The van der Waals surface area contributed by atoms with Gasteiger partial charge in [-0.05, 0) is 123 Å². The molecule has 0 spiro atoms. The first kappa shape index (κ1) is 35.7. The highest BCUT2D eigenvalue weighted by Crippen LogP contribution is 2.52. The summed E-state index contributed by atoms with van der Waals surface area (Å²) >= 11 is 0. The zero-order valence-corrected chi connectivity index (χ0v) is 27.2. The third-order valence-electron chi connectivity index (χ3n) is 11.1. The van der Waals surface area contributed by atoms with Crippen molar-refractivity contribution in [3.63, 3.8) is 0 Å². The predicted molar refractivity (Wildman–Crippen MR) is 187 cm³/mol. The molecule has 4 aliphatic carbocycles. The molecule has 8 rings (SSSR count). The molecule has 4 atom stereocenters. The van der Waals surface area contributed by atoms with Gasteiger partial charge in [0.2, 0.25) is 0 Å². The zero-order chi connectivity index (χ0) is 32.9. The summed E-state index contributed by atoms with van der Waals surface area (Å²) in [5.74, 6) is -1.49. The number of hydrogen-bond donors (Lipinski definition) is 1. The standard InChI is InChI=1S/C19H19FN2O2.C19H19FN2O.CH4.B/c1-19-10-12-11-21-22(15-7-5-14(20)6-8-15)17(12)9-13(19)3-2-4-16(19)18(23)24;1-19-10-13-11-21-22(17-7-5-16(20)6-8-17)18(13)9-14(19)3-2-4-15(19)12-23;;/h5-9,11,16H,2-4,10H2,1H3,(H,23,24);5-9,11-12,15H,2-4,10H2,1H3;1H4;/t16-,19+;15-,19+;;/m11../s1. The SMILES string of the molecule is C.C[C@]12Cc3cnn(-c4ccc(F)cc4)c3C=C1CCC[C@@H]2C(=O)O.C[C@]12Cc3cnn(-c4ccc(F)cc4)c3C=C1CCC[C@@H]2C=O.[B]. The normalized spacial score (nSPS) is 24.8. The molecule has 7 nitrogen and oxygen atoms in total. The van der Waals surface area contributed by atoms with E-state index in [-0.39, 0.29) is 50.1 Å². The summed E-state index contributed by atoms with van der Waals surface area (Å²) in [5.41, 5.74) is 8.05. The molecule has 49 heavy (non-hydrogen) atoms. The topological polar surface area (TPSA) is 90.0 Å². The monoisotopic (exact) mass is 663 g/mol. The highest BCUT2D eigenvalue weighted by molar-refractivity contribution is 5.76. The maximum atomic E-state index is 13.2. The lowest BCUT2D eigenvalue weighted by Crippen LogP contribution is -2.41.